The van der Waals surface area contributed by atoms with E-state index < -0.39 is 42.0 Å². The van der Waals surface area contributed by atoms with Crippen molar-refractivity contribution in [1.82, 2.24) is 15.5 Å². The molecule has 1 aromatic rings. The summed E-state index contributed by atoms with van der Waals surface area (Å²) in [4.78, 5) is 49.9. The van der Waals surface area contributed by atoms with Crippen LogP contribution < -0.4 is 10.6 Å². The van der Waals surface area contributed by atoms with Crippen LogP contribution >= 0.6 is 11.8 Å². The first-order valence-corrected chi connectivity index (χ1v) is 11.0. The quantitative estimate of drug-likeness (QED) is 0.530. The number of nitrogens with zero attached hydrogens (tertiary/aromatic N) is 1. The Morgan fingerprint density at radius 3 is 2.57 bits per heavy atom. The Hall–Kier alpha value is -2.75. The van der Waals surface area contributed by atoms with Crippen molar-refractivity contribution >= 4 is 35.6 Å². The normalized spacial score (nSPS) is 17.7. The minimum Gasteiger partial charge on any atom is -0.480 e. The number of hydrogen-bond donors (Lipinski definition) is 3. The van der Waals surface area contributed by atoms with Crippen molar-refractivity contribution < 1.29 is 29.0 Å². The number of carbonyl (C=O) groups excluding carboxylic acids is 3. The maximum absolute atomic E-state index is 12.6. The highest BCUT2D eigenvalue weighted by Gasteiger charge is 2.36. The van der Waals surface area contributed by atoms with Gasteiger partial charge in [0.2, 0.25) is 11.8 Å². The summed E-state index contributed by atoms with van der Waals surface area (Å²) in [6.07, 6.45) is 2.26. The Kier molecular flexibility index (Phi) is 8.97. The molecular formula is C20H27N3O6S. The number of amides is 3. The fraction of sp³-hybridized carbons (Fsp3) is 0.500. The van der Waals surface area contributed by atoms with Crippen LogP contribution in [0.15, 0.2) is 30.3 Å². The van der Waals surface area contributed by atoms with E-state index in [0.717, 1.165) is 5.56 Å². The standard InChI is InChI=1S/C20H27N3O6S/c1-13(17(24)22-15(12-30-2)19(26)27)21-18(25)16-9-6-10-23(16)20(28)29-11-14-7-4-3-5-8-14/h3-5,7-8,13,15-16H,6,9-12H2,1-2H3,(H,21,25)(H,22,24)(H,26,27)/t13-,15+,16+/m0/s1. The highest BCUT2D eigenvalue weighted by Crippen LogP contribution is 2.19. The molecule has 1 aliphatic heterocycles. The molecule has 0 aromatic heterocycles. The Morgan fingerprint density at radius 2 is 1.93 bits per heavy atom. The number of nitrogens with one attached hydrogen (secondary N) is 2. The third kappa shape index (κ3) is 6.65. The molecule has 1 fully saturated rings. The average Bonchev–Trinajstić information content (AvgIpc) is 3.22. The van der Waals surface area contributed by atoms with Crippen molar-refractivity contribution in [1.29, 1.82) is 0 Å². The number of carbonyl (C=O) groups is 4. The molecule has 0 spiro atoms. The molecule has 164 valence electrons. The van der Waals surface area contributed by atoms with Crippen LogP contribution in [0.1, 0.15) is 25.3 Å². The maximum atomic E-state index is 12.6. The van der Waals surface area contributed by atoms with E-state index >= 15 is 0 Å². The van der Waals surface area contributed by atoms with Gasteiger partial charge in [0.1, 0.15) is 24.7 Å². The summed E-state index contributed by atoms with van der Waals surface area (Å²) < 4.78 is 5.31. The monoisotopic (exact) mass is 437 g/mol. The zero-order valence-electron chi connectivity index (χ0n) is 17.0. The molecule has 2 rings (SSSR count). The van der Waals surface area contributed by atoms with Gasteiger partial charge in [-0.05, 0) is 31.6 Å². The van der Waals surface area contributed by atoms with Crippen LogP contribution in [0.4, 0.5) is 4.79 Å². The number of hydrogen-bond acceptors (Lipinski definition) is 6. The lowest BCUT2D eigenvalue weighted by molar-refractivity contribution is -0.141. The fourth-order valence-electron chi connectivity index (χ4n) is 3.07. The Balaban J connectivity index is 1.88. The second-order valence-corrected chi connectivity index (χ2v) is 7.89. The summed E-state index contributed by atoms with van der Waals surface area (Å²) in [6.45, 7) is 1.97. The van der Waals surface area contributed by atoms with Crippen molar-refractivity contribution in [2.45, 2.75) is 44.5 Å². The van der Waals surface area contributed by atoms with E-state index in [9.17, 15) is 19.2 Å². The third-order valence-corrected chi connectivity index (χ3v) is 5.36. The van der Waals surface area contributed by atoms with Crippen molar-refractivity contribution in [3.05, 3.63) is 35.9 Å². The number of rotatable bonds is 9. The molecule has 0 bridgehead atoms. The second-order valence-electron chi connectivity index (χ2n) is 6.98. The SMILES string of the molecule is CSC[C@@H](NC(=O)[C@H](C)NC(=O)[C@H]1CCCN1C(=O)OCc1ccccc1)C(=O)O. The predicted molar refractivity (Wildman–Crippen MR) is 112 cm³/mol. The third-order valence-electron chi connectivity index (χ3n) is 4.70. The molecule has 0 unspecified atom stereocenters. The van der Waals surface area contributed by atoms with Gasteiger partial charge in [-0.1, -0.05) is 30.3 Å². The van der Waals surface area contributed by atoms with E-state index in [0.29, 0.717) is 19.4 Å². The first-order chi connectivity index (χ1) is 14.3. The van der Waals surface area contributed by atoms with Crippen LogP contribution in [0, 0.1) is 0 Å². The first kappa shape index (κ1) is 23.5. The summed E-state index contributed by atoms with van der Waals surface area (Å²) in [5, 5.41) is 14.1. The topological polar surface area (TPSA) is 125 Å². The number of carboxylic acid groups (broad SMARTS) is 1. The van der Waals surface area contributed by atoms with Gasteiger partial charge in [0.25, 0.3) is 0 Å². The highest BCUT2D eigenvalue weighted by molar-refractivity contribution is 7.98. The van der Waals surface area contributed by atoms with Gasteiger partial charge in [-0.3, -0.25) is 14.5 Å². The van der Waals surface area contributed by atoms with Gasteiger partial charge in [-0.15, -0.1) is 0 Å². The molecule has 30 heavy (non-hydrogen) atoms. The molecule has 10 heteroatoms. The van der Waals surface area contributed by atoms with Gasteiger partial charge in [0, 0.05) is 12.3 Å². The lowest BCUT2D eigenvalue weighted by atomic mass is 10.2. The molecule has 3 N–H and O–H groups in total. The Labute approximate surface area is 179 Å². The maximum Gasteiger partial charge on any atom is 0.410 e. The number of likely N-dealkylation sites (tertiary alicyclic amines) is 1. The zero-order chi connectivity index (χ0) is 22.1. The zero-order valence-corrected chi connectivity index (χ0v) is 17.8. The van der Waals surface area contributed by atoms with Crippen molar-refractivity contribution in [3.8, 4) is 0 Å². The smallest absolute Gasteiger partial charge is 0.410 e. The number of benzene rings is 1. The molecule has 1 aliphatic rings. The molecule has 3 atom stereocenters. The Morgan fingerprint density at radius 1 is 1.23 bits per heavy atom. The molecular weight excluding hydrogens is 410 g/mol. The summed E-state index contributed by atoms with van der Waals surface area (Å²) in [7, 11) is 0. The Bertz CT molecular complexity index is 760. The van der Waals surface area contributed by atoms with E-state index in [-0.39, 0.29) is 12.4 Å². The largest absolute Gasteiger partial charge is 0.480 e. The number of thioether (sulfide) groups is 1. The van der Waals surface area contributed by atoms with Crippen molar-refractivity contribution in [2.24, 2.45) is 0 Å². The van der Waals surface area contributed by atoms with E-state index in [1.807, 2.05) is 30.3 Å². The number of ether oxygens (including phenoxy) is 1. The lowest BCUT2D eigenvalue weighted by Gasteiger charge is -2.25. The average molecular weight is 438 g/mol. The molecule has 0 radical (unpaired) electrons. The first-order valence-electron chi connectivity index (χ1n) is 9.63. The number of carboxylic acids is 1. The molecule has 0 aliphatic carbocycles. The molecule has 1 saturated heterocycles. The van der Waals surface area contributed by atoms with E-state index in [4.69, 9.17) is 9.84 Å². The predicted octanol–water partition coefficient (Wildman–Crippen LogP) is 1.22. The summed E-state index contributed by atoms with van der Waals surface area (Å²) in [5.74, 6) is -1.99. The minimum absolute atomic E-state index is 0.106. The summed E-state index contributed by atoms with van der Waals surface area (Å²) >= 11 is 1.29. The fourth-order valence-corrected chi connectivity index (χ4v) is 3.63. The molecule has 0 saturated carbocycles. The summed E-state index contributed by atoms with van der Waals surface area (Å²) in [6, 6.07) is 6.51. The lowest BCUT2D eigenvalue weighted by Crippen LogP contribution is -2.54. The van der Waals surface area contributed by atoms with Gasteiger partial charge in [0.15, 0.2) is 0 Å². The van der Waals surface area contributed by atoms with Gasteiger partial charge in [-0.25, -0.2) is 9.59 Å². The van der Waals surface area contributed by atoms with Crippen LogP contribution in [0.25, 0.3) is 0 Å². The van der Waals surface area contributed by atoms with Gasteiger partial charge >= 0.3 is 12.1 Å². The minimum atomic E-state index is -1.14. The van der Waals surface area contributed by atoms with Gasteiger partial charge in [0.05, 0.1) is 0 Å². The van der Waals surface area contributed by atoms with Crippen LogP contribution in [0.2, 0.25) is 0 Å². The number of aliphatic carboxylic acids is 1. The second kappa shape index (κ2) is 11.4. The highest BCUT2D eigenvalue weighted by atomic mass is 32.2. The van der Waals surface area contributed by atoms with E-state index in [2.05, 4.69) is 10.6 Å². The molecule has 3 amide bonds. The van der Waals surface area contributed by atoms with Gasteiger partial charge < -0.3 is 20.5 Å². The summed E-state index contributed by atoms with van der Waals surface area (Å²) in [5.41, 5.74) is 0.842. The molecule has 1 aromatic carbocycles. The van der Waals surface area contributed by atoms with Crippen LogP contribution in [-0.4, -0.2) is 70.6 Å². The van der Waals surface area contributed by atoms with Gasteiger partial charge in [-0.2, -0.15) is 11.8 Å². The van der Waals surface area contributed by atoms with Crippen molar-refractivity contribution in [3.63, 3.8) is 0 Å². The van der Waals surface area contributed by atoms with Crippen LogP contribution in [0.3, 0.4) is 0 Å². The van der Waals surface area contributed by atoms with E-state index in [1.54, 1.807) is 6.26 Å². The van der Waals surface area contributed by atoms with Crippen molar-refractivity contribution in [2.75, 3.05) is 18.6 Å². The van der Waals surface area contributed by atoms with Crippen LogP contribution in [-0.2, 0) is 25.7 Å². The molecule has 9 nitrogen and oxygen atoms in total. The van der Waals surface area contributed by atoms with E-state index in [1.165, 1.54) is 23.6 Å². The molecule has 1 heterocycles. The van der Waals surface area contributed by atoms with Crippen LogP contribution in [0.5, 0.6) is 0 Å².